The molecule has 0 aliphatic carbocycles. The van der Waals surface area contributed by atoms with Gasteiger partial charge in [0.05, 0.1) is 24.3 Å². The van der Waals surface area contributed by atoms with Crippen LogP contribution < -0.4 is 0 Å². The molecule has 4 N–H and O–H groups in total. The zero-order valence-corrected chi connectivity index (χ0v) is 26.5. The fourth-order valence-electron chi connectivity index (χ4n) is 5.34. The molecule has 236 valence electrons. The van der Waals surface area contributed by atoms with Crippen LogP contribution in [0.4, 0.5) is 0 Å². The molecule has 0 amide bonds. The van der Waals surface area contributed by atoms with E-state index in [1.165, 1.54) is 122 Å². The van der Waals surface area contributed by atoms with E-state index < -0.39 is 30.5 Å². The predicted octanol–water partition coefficient (Wildman–Crippen LogP) is 9.25. The number of aliphatic hydroxyl groups excluding tert-OH is 3. The van der Waals surface area contributed by atoms with Gasteiger partial charge >= 0.3 is 0 Å². The number of aliphatic hydroxyl groups is 3. The first-order valence-electron chi connectivity index (χ1n) is 17.3. The van der Waals surface area contributed by atoms with Gasteiger partial charge in [-0.2, -0.15) is 0 Å². The van der Waals surface area contributed by atoms with E-state index in [9.17, 15) is 20.1 Å². The Hall–Kier alpha value is -1.04. The van der Waals surface area contributed by atoms with Gasteiger partial charge in [0.1, 0.15) is 6.10 Å². The highest BCUT2D eigenvalue weighted by Gasteiger charge is 2.29. The molecule has 5 nitrogen and oxygen atoms in total. The van der Waals surface area contributed by atoms with Gasteiger partial charge in [-0.05, 0) is 19.3 Å². The molecular formula is C35H67NO4. The lowest BCUT2D eigenvalue weighted by Crippen LogP contribution is -2.39. The Bertz CT molecular complexity index is 606. The molecule has 0 aromatic carbocycles. The average molecular weight is 566 g/mol. The normalized spacial score (nSPS) is 14.0. The summed E-state index contributed by atoms with van der Waals surface area (Å²) in [6.45, 7) is 4.01. The lowest BCUT2D eigenvalue weighted by atomic mass is 9.90. The molecule has 0 fully saturated rings. The predicted molar refractivity (Wildman–Crippen MR) is 171 cm³/mol. The van der Waals surface area contributed by atoms with Crippen LogP contribution in [0.3, 0.4) is 0 Å². The van der Waals surface area contributed by atoms with Gasteiger partial charge in [-0.25, -0.2) is 0 Å². The summed E-state index contributed by atoms with van der Waals surface area (Å²) in [6.07, 6.45) is 31.1. The highest BCUT2D eigenvalue weighted by atomic mass is 16.3. The van der Waals surface area contributed by atoms with Gasteiger partial charge in [0.15, 0.2) is 0 Å². The van der Waals surface area contributed by atoms with Crippen molar-refractivity contribution in [2.75, 3.05) is 6.61 Å². The number of carbonyl (C=O) groups is 1. The standard InChI is InChI=1S/C35H67NO4/c1-3-5-7-9-11-13-15-17-19-20-22-24-26-28-32(38)31(30-37)34(36)35(40)33(39)29-27-25-23-21-18-16-14-12-10-8-6-4-2/h26,28,31-33,36-39H,3-25,27,29-30H2,1-2H3/b28-26+,36-34?. The maximum absolute atomic E-state index is 12.5. The van der Waals surface area contributed by atoms with Crippen LogP contribution in [-0.4, -0.2) is 45.6 Å². The molecule has 0 aromatic rings. The van der Waals surface area contributed by atoms with Crippen molar-refractivity contribution >= 4 is 11.5 Å². The Morgan fingerprint density at radius 3 is 1.40 bits per heavy atom. The molecular weight excluding hydrogens is 498 g/mol. The van der Waals surface area contributed by atoms with Crippen molar-refractivity contribution < 1.29 is 20.1 Å². The van der Waals surface area contributed by atoms with Crippen LogP contribution in [0.1, 0.15) is 174 Å². The summed E-state index contributed by atoms with van der Waals surface area (Å²) < 4.78 is 0. The number of carbonyl (C=O) groups excluding carboxylic acids is 1. The Morgan fingerprint density at radius 2 is 1.00 bits per heavy atom. The number of nitrogens with one attached hydrogen (secondary N) is 1. The molecule has 0 aliphatic rings. The van der Waals surface area contributed by atoms with Crippen molar-refractivity contribution in [2.24, 2.45) is 5.92 Å². The van der Waals surface area contributed by atoms with Gasteiger partial charge in [0, 0.05) is 0 Å². The van der Waals surface area contributed by atoms with Crippen molar-refractivity contribution in [3.8, 4) is 0 Å². The third-order valence-corrected chi connectivity index (χ3v) is 8.19. The Labute approximate surface area is 248 Å². The molecule has 0 aromatic heterocycles. The van der Waals surface area contributed by atoms with Crippen molar-refractivity contribution in [2.45, 2.75) is 187 Å². The number of hydrogen-bond donors (Lipinski definition) is 4. The molecule has 0 saturated heterocycles. The minimum Gasteiger partial charge on any atom is -0.396 e. The maximum Gasteiger partial charge on any atom is 0.205 e. The second-order valence-electron chi connectivity index (χ2n) is 12.0. The monoisotopic (exact) mass is 566 g/mol. The highest BCUT2D eigenvalue weighted by Crippen LogP contribution is 2.16. The van der Waals surface area contributed by atoms with Crippen LogP contribution in [0.5, 0.6) is 0 Å². The lowest BCUT2D eigenvalue weighted by molar-refractivity contribution is -0.121. The summed E-state index contributed by atoms with van der Waals surface area (Å²) >= 11 is 0. The van der Waals surface area contributed by atoms with E-state index in [4.69, 9.17) is 5.41 Å². The number of allylic oxidation sites excluding steroid dienone is 1. The third kappa shape index (κ3) is 22.6. The van der Waals surface area contributed by atoms with Gasteiger partial charge in [0.25, 0.3) is 0 Å². The van der Waals surface area contributed by atoms with Crippen molar-refractivity contribution in [3.05, 3.63) is 12.2 Å². The SMILES string of the molecule is CCCCCCCCCCCCC/C=C/C(O)C(CO)C(=N)C(=O)C(O)CCCCCCCCCCCCCC. The maximum atomic E-state index is 12.5. The van der Waals surface area contributed by atoms with Crippen molar-refractivity contribution in [3.63, 3.8) is 0 Å². The fourth-order valence-corrected chi connectivity index (χ4v) is 5.34. The summed E-state index contributed by atoms with van der Waals surface area (Å²) in [6, 6.07) is 0. The first-order valence-corrected chi connectivity index (χ1v) is 17.3. The lowest BCUT2D eigenvalue weighted by Gasteiger charge is -2.20. The van der Waals surface area contributed by atoms with Gasteiger partial charge in [0.2, 0.25) is 5.78 Å². The van der Waals surface area contributed by atoms with Gasteiger partial charge in [-0.1, -0.05) is 167 Å². The van der Waals surface area contributed by atoms with E-state index in [1.54, 1.807) is 6.08 Å². The molecule has 0 rings (SSSR count). The van der Waals surface area contributed by atoms with E-state index in [-0.39, 0.29) is 5.71 Å². The molecule has 0 radical (unpaired) electrons. The summed E-state index contributed by atoms with van der Waals surface area (Å²) in [5.41, 5.74) is -0.374. The van der Waals surface area contributed by atoms with Crippen LogP contribution in [0.25, 0.3) is 0 Å². The van der Waals surface area contributed by atoms with Crippen LogP contribution in [0.15, 0.2) is 12.2 Å². The van der Waals surface area contributed by atoms with Gasteiger partial charge < -0.3 is 20.7 Å². The van der Waals surface area contributed by atoms with Crippen molar-refractivity contribution in [1.29, 1.82) is 5.41 Å². The van der Waals surface area contributed by atoms with Crippen LogP contribution in [-0.2, 0) is 4.79 Å². The van der Waals surface area contributed by atoms with E-state index in [0.717, 1.165) is 32.1 Å². The summed E-state index contributed by atoms with van der Waals surface area (Å²) in [4.78, 5) is 12.5. The molecule has 0 saturated carbocycles. The number of hydrogen-bond acceptors (Lipinski definition) is 5. The second kappa shape index (κ2) is 29.5. The number of unbranched alkanes of at least 4 members (excludes halogenated alkanes) is 22. The van der Waals surface area contributed by atoms with E-state index in [1.807, 2.05) is 6.08 Å². The van der Waals surface area contributed by atoms with E-state index >= 15 is 0 Å². The molecule has 0 heterocycles. The van der Waals surface area contributed by atoms with Crippen molar-refractivity contribution in [1.82, 2.24) is 0 Å². The zero-order valence-electron chi connectivity index (χ0n) is 26.5. The fraction of sp³-hybridized carbons (Fsp3) is 0.886. The Kier molecular flexibility index (Phi) is 28.7. The number of Topliss-reactive ketones (excluding diaryl/α,β-unsaturated/α-hetero) is 1. The largest absolute Gasteiger partial charge is 0.396 e. The molecule has 0 bridgehead atoms. The van der Waals surface area contributed by atoms with Gasteiger partial charge in [-0.3, -0.25) is 4.79 Å². The molecule has 3 unspecified atom stereocenters. The van der Waals surface area contributed by atoms with Crippen LogP contribution >= 0.6 is 0 Å². The van der Waals surface area contributed by atoms with Gasteiger partial charge in [-0.15, -0.1) is 0 Å². The highest BCUT2D eigenvalue weighted by molar-refractivity contribution is 6.41. The molecule has 40 heavy (non-hydrogen) atoms. The van der Waals surface area contributed by atoms with Crippen LogP contribution in [0.2, 0.25) is 0 Å². The Morgan fingerprint density at radius 1 is 0.625 bits per heavy atom. The summed E-state index contributed by atoms with van der Waals surface area (Å²) in [7, 11) is 0. The van der Waals surface area contributed by atoms with Crippen LogP contribution in [0, 0.1) is 11.3 Å². The molecule has 0 aliphatic heterocycles. The Balaban J connectivity index is 3.94. The minimum absolute atomic E-state index is 0.335. The van der Waals surface area contributed by atoms with E-state index in [2.05, 4.69) is 13.8 Å². The molecule has 5 heteroatoms. The second-order valence-corrected chi connectivity index (χ2v) is 12.0. The quantitative estimate of drug-likeness (QED) is 0.0382. The topological polar surface area (TPSA) is 102 Å². The smallest absolute Gasteiger partial charge is 0.205 e. The molecule has 3 atom stereocenters. The number of ketones is 1. The summed E-state index contributed by atoms with van der Waals surface area (Å²) in [5, 5.41) is 38.7. The first kappa shape index (κ1) is 39.0. The minimum atomic E-state index is -1.22. The number of rotatable bonds is 31. The zero-order chi connectivity index (χ0) is 29.7. The first-order chi connectivity index (χ1) is 19.5. The average Bonchev–Trinajstić information content (AvgIpc) is 2.95. The summed E-state index contributed by atoms with van der Waals surface area (Å²) in [5.74, 6) is -1.65. The molecule has 0 spiro atoms. The van der Waals surface area contributed by atoms with E-state index in [0.29, 0.717) is 6.42 Å². The third-order valence-electron chi connectivity index (χ3n) is 8.19.